The summed E-state index contributed by atoms with van der Waals surface area (Å²) in [6.45, 7) is 7.85. The van der Waals surface area contributed by atoms with Gasteiger partial charge in [-0.1, -0.05) is 43.7 Å². The maximum atomic E-state index is 5.97. The summed E-state index contributed by atoms with van der Waals surface area (Å²) in [7, 11) is 1.89. The molecule has 2 unspecified atom stereocenters. The van der Waals surface area contributed by atoms with E-state index in [2.05, 4.69) is 52.5 Å². The number of hydrogen-bond acceptors (Lipinski definition) is 3. The van der Waals surface area contributed by atoms with Gasteiger partial charge in [-0.2, -0.15) is 0 Å². The summed E-state index contributed by atoms with van der Waals surface area (Å²) in [4.78, 5) is 6.98. The van der Waals surface area contributed by atoms with Gasteiger partial charge in [-0.25, -0.2) is 0 Å². The summed E-state index contributed by atoms with van der Waals surface area (Å²) in [5.74, 6) is 2.37. The minimum atomic E-state index is 0. The van der Waals surface area contributed by atoms with Crippen LogP contribution in [0.1, 0.15) is 50.5 Å². The maximum absolute atomic E-state index is 5.97. The third-order valence-electron chi connectivity index (χ3n) is 6.12. The Kier molecular flexibility index (Phi) is 11.3. The van der Waals surface area contributed by atoms with Crippen LogP contribution in [0.4, 0.5) is 0 Å². The van der Waals surface area contributed by atoms with Gasteiger partial charge in [0.2, 0.25) is 0 Å². The summed E-state index contributed by atoms with van der Waals surface area (Å²) >= 11 is 0. The molecule has 3 rings (SSSR count). The Labute approximate surface area is 193 Å². The molecule has 1 aromatic rings. The minimum absolute atomic E-state index is 0. The van der Waals surface area contributed by atoms with Crippen LogP contribution in [0, 0.1) is 5.92 Å². The molecule has 0 aromatic heterocycles. The fourth-order valence-electron chi connectivity index (χ4n) is 4.47. The van der Waals surface area contributed by atoms with Crippen LogP contribution in [0.15, 0.2) is 35.3 Å². The van der Waals surface area contributed by atoms with Gasteiger partial charge in [-0.05, 0) is 43.1 Å². The molecule has 0 amide bonds. The first-order valence-electron chi connectivity index (χ1n) is 11.0. The molecule has 6 heteroatoms. The molecule has 0 saturated carbocycles. The Morgan fingerprint density at radius 2 is 1.97 bits per heavy atom. The minimum Gasteiger partial charge on any atom is -0.381 e. The zero-order chi connectivity index (χ0) is 19.6. The van der Waals surface area contributed by atoms with Crippen LogP contribution in [0.5, 0.6) is 0 Å². The average molecular weight is 515 g/mol. The first kappa shape index (κ1) is 24.4. The maximum Gasteiger partial charge on any atom is 0.193 e. The third kappa shape index (κ3) is 7.40. The molecule has 2 aliphatic heterocycles. The smallest absolute Gasteiger partial charge is 0.193 e. The quantitative estimate of drug-likeness (QED) is 0.255. The second-order valence-electron chi connectivity index (χ2n) is 7.93. The molecule has 2 aliphatic rings. The van der Waals surface area contributed by atoms with Crippen LogP contribution in [-0.4, -0.2) is 63.5 Å². The fraction of sp³-hybridized carbons (Fsp3) is 0.696. The molecule has 5 nitrogen and oxygen atoms in total. The Hall–Kier alpha value is -0.860. The summed E-state index contributed by atoms with van der Waals surface area (Å²) in [5.41, 5.74) is 1.49. The van der Waals surface area contributed by atoms with E-state index in [9.17, 15) is 0 Å². The molecule has 0 aliphatic carbocycles. The van der Waals surface area contributed by atoms with Gasteiger partial charge < -0.3 is 19.7 Å². The van der Waals surface area contributed by atoms with Crippen molar-refractivity contribution in [3.8, 4) is 0 Å². The highest BCUT2D eigenvalue weighted by atomic mass is 127. The molecule has 1 N–H and O–H groups in total. The van der Waals surface area contributed by atoms with Crippen molar-refractivity contribution in [1.82, 2.24) is 10.2 Å². The highest BCUT2D eigenvalue weighted by molar-refractivity contribution is 14.0. The van der Waals surface area contributed by atoms with Crippen LogP contribution in [0.25, 0.3) is 0 Å². The van der Waals surface area contributed by atoms with E-state index in [0.717, 1.165) is 64.7 Å². The van der Waals surface area contributed by atoms with E-state index >= 15 is 0 Å². The first-order chi connectivity index (χ1) is 13.8. The van der Waals surface area contributed by atoms with Crippen LogP contribution < -0.4 is 5.32 Å². The lowest BCUT2D eigenvalue weighted by atomic mass is 9.79. The molecule has 1 aromatic carbocycles. The molecule has 2 saturated heterocycles. The van der Waals surface area contributed by atoms with Gasteiger partial charge in [0.1, 0.15) is 0 Å². The van der Waals surface area contributed by atoms with Gasteiger partial charge >= 0.3 is 0 Å². The lowest BCUT2D eigenvalue weighted by Gasteiger charge is -2.40. The van der Waals surface area contributed by atoms with E-state index in [1.807, 2.05) is 7.05 Å². The number of hydrogen-bond donors (Lipinski definition) is 1. The monoisotopic (exact) mass is 515 g/mol. The Morgan fingerprint density at radius 1 is 1.21 bits per heavy atom. The summed E-state index contributed by atoms with van der Waals surface area (Å²) < 4.78 is 11.3. The van der Waals surface area contributed by atoms with Gasteiger partial charge in [-0.3, -0.25) is 4.99 Å². The molecule has 2 fully saturated rings. The lowest BCUT2D eigenvalue weighted by Crippen LogP contribution is -2.48. The van der Waals surface area contributed by atoms with Gasteiger partial charge in [0, 0.05) is 46.5 Å². The van der Waals surface area contributed by atoms with Crippen molar-refractivity contribution in [3.05, 3.63) is 35.9 Å². The van der Waals surface area contributed by atoms with E-state index < -0.39 is 0 Å². The predicted molar refractivity (Wildman–Crippen MR) is 130 cm³/mol. The number of ether oxygens (including phenoxy) is 2. The van der Waals surface area contributed by atoms with E-state index in [0.29, 0.717) is 17.9 Å². The summed E-state index contributed by atoms with van der Waals surface area (Å²) in [6, 6.07) is 11.0. The van der Waals surface area contributed by atoms with E-state index in [1.54, 1.807) is 0 Å². The number of aliphatic imine (C=N–C) groups is 1. The third-order valence-corrected chi connectivity index (χ3v) is 6.12. The van der Waals surface area contributed by atoms with Crippen molar-refractivity contribution in [2.75, 3.05) is 46.5 Å². The second-order valence-corrected chi connectivity index (χ2v) is 7.93. The summed E-state index contributed by atoms with van der Waals surface area (Å²) in [6.07, 6.45) is 5.85. The number of nitrogens with zero attached hydrogens (tertiary/aromatic N) is 2. The lowest BCUT2D eigenvalue weighted by molar-refractivity contribution is -0.0320. The molecule has 0 spiro atoms. The van der Waals surface area contributed by atoms with Crippen molar-refractivity contribution < 1.29 is 9.47 Å². The first-order valence-corrected chi connectivity index (χ1v) is 11.0. The van der Waals surface area contributed by atoms with Crippen LogP contribution >= 0.6 is 24.0 Å². The molecule has 2 atom stereocenters. The Balaban J connectivity index is 0.00000300. The van der Waals surface area contributed by atoms with Crippen LogP contribution in [0.2, 0.25) is 0 Å². The molecular formula is C23H38IN3O2. The number of piperidine rings is 1. The number of benzene rings is 1. The largest absolute Gasteiger partial charge is 0.381 e. The summed E-state index contributed by atoms with van der Waals surface area (Å²) in [5, 5.41) is 3.55. The number of nitrogens with one attached hydrogen (secondary N) is 1. The number of rotatable bonds is 7. The zero-order valence-corrected chi connectivity index (χ0v) is 20.3. The normalized spacial score (nSPS) is 23.5. The highest BCUT2D eigenvalue weighted by Crippen LogP contribution is 2.34. The van der Waals surface area contributed by atoms with Crippen LogP contribution in [0.3, 0.4) is 0 Å². The highest BCUT2D eigenvalue weighted by Gasteiger charge is 2.30. The Bertz CT molecular complexity index is 593. The number of likely N-dealkylation sites (tertiary alicyclic amines) is 1. The molecule has 164 valence electrons. The molecule has 0 bridgehead atoms. The number of guanidine groups is 1. The molecule has 29 heavy (non-hydrogen) atoms. The SMILES string of the molecule is CCC1CN(C(=NC)NCCCOC2CCOCC2)CCC1c1ccccc1.I. The van der Waals surface area contributed by atoms with Gasteiger partial charge in [0.25, 0.3) is 0 Å². The van der Waals surface area contributed by atoms with Crippen molar-refractivity contribution in [2.45, 2.75) is 51.0 Å². The molecular weight excluding hydrogens is 477 g/mol. The van der Waals surface area contributed by atoms with Gasteiger partial charge in [-0.15, -0.1) is 24.0 Å². The molecule has 2 heterocycles. The standard InChI is InChI=1S/C23H37N3O2.HI/c1-3-19-18-26(14-10-22(19)20-8-5-4-6-9-20)23(24-2)25-13-7-15-28-21-11-16-27-17-12-21;/h4-6,8-9,19,21-22H,3,7,10-18H2,1-2H3,(H,24,25);1H. The average Bonchev–Trinajstić information content (AvgIpc) is 2.77. The molecule has 0 radical (unpaired) electrons. The van der Waals surface area contributed by atoms with Crippen molar-refractivity contribution in [3.63, 3.8) is 0 Å². The van der Waals surface area contributed by atoms with Crippen molar-refractivity contribution in [2.24, 2.45) is 10.9 Å². The van der Waals surface area contributed by atoms with Gasteiger partial charge in [0.15, 0.2) is 5.96 Å². The Morgan fingerprint density at radius 3 is 2.66 bits per heavy atom. The van der Waals surface area contributed by atoms with E-state index in [1.165, 1.54) is 18.4 Å². The van der Waals surface area contributed by atoms with Crippen molar-refractivity contribution in [1.29, 1.82) is 0 Å². The van der Waals surface area contributed by atoms with Crippen LogP contribution in [-0.2, 0) is 9.47 Å². The fourth-order valence-corrected chi connectivity index (χ4v) is 4.47. The topological polar surface area (TPSA) is 46.1 Å². The predicted octanol–water partition coefficient (Wildman–Crippen LogP) is 4.28. The van der Waals surface area contributed by atoms with Crippen molar-refractivity contribution >= 4 is 29.9 Å². The number of halogens is 1. The zero-order valence-electron chi connectivity index (χ0n) is 18.0. The van der Waals surface area contributed by atoms with E-state index in [-0.39, 0.29) is 24.0 Å². The second kappa shape index (κ2) is 13.4. The van der Waals surface area contributed by atoms with Gasteiger partial charge in [0.05, 0.1) is 6.10 Å². The van der Waals surface area contributed by atoms with E-state index in [4.69, 9.17) is 9.47 Å².